The molecular weight excluding hydrogens is 337 g/mol. The molecule has 0 fully saturated rings. The summed E-state index contributed by atoms with van der Waals surface area (Å²) in [7, 11) is -3.00. The molecule has 7 heteroatoms. The number of carbonyl (C=O) groups is 1. The third kappa shape index (κ3) is 5.90. The highest BCUT2D eigenvalue weighted by Gasteiger charge is 2.22. The van der Waals surface area contributed by atoms with Crippen LogP contribution in [0.5, 0.6) is 0 Å². The third-order valence-corrected chi connectivity index (χ3v) is 4.10. The van der Waals surface area contributed by atoms with Crippen LogP contribution in [-0.4, -0.2) is 23.2 Å². The highest BCUT2D eigenvalue weighted by atomic mass is 19.2. The number of aryl methyl sites for hydroxylation is 2. The van der Waals surface area contributed by atoms with Crippen molar-refractivity contribution in [2.24, 2.45) is 0 Å². The highest BCUT2D eigenvalue weighted by molar-refractivity contribution is 6.36. The molecule has 0 atom stereocenters. The zero-order chi connectivity index (χ0) is 18.9. The van der Waals surface area contributed by atoms with E-state index in [2.05, 4.69) is 28.5 Å². The van der Waals surface area contributed by atoms with Crippen LogP contribution in [0, 0.1) is 0 Å². The van der Waals surface area contributed by atoms with E-state index in [1.807, 2.05) is 12.1 Å². The first-order valence-corrected chi connectivity index (χ1v) is 9.10. The van der Waals surface area contributed by atoms with Crippen molar-refractivity contribution in [2.45, 2.75) is 52.4 Å². The molecule has 0 aliphatic carbocycles. The van der Waals surface area contributed by atoms with E-state index in [9.17, 15) is 13.4 Å². The summed E-state index contributed by atoms with van der Waals surface area (Å²) in [5.41, 5.74) is 2.63. The molecule has 0 aliphatic rings. The summed E-state index contributed by atoms with van der Waals surface area (Å²) >= 11 is 0. The number of carbonyl (C=O) groups excluding carboxylic acids is 1. The predicted octanol–water partition coefficient (Wildman–Crippen LogP) is 5.19. The minimum Gasteiger partial charge on any atom is -0.503 e. The van der Waals surface area contributed by atoms with Gasteiger partial charge < -0.3 is 14.6 Å². The van der Waals surface area contributed by atoms with Crippen LogP contribution in [0.4, 0.5) is 8.63 Å². The fraction of sp³-hybridized carbons (Fsp3) is 0.421. The molecule has 4 nitrogen and oxygen atoms in total. The van der Waals surface area contributed by atoms with Crippen LogP contribution in [0.15, 0.2) is 30.3 Å². The van der Waals surface area contributed by atoms with Gasteiger partial charge in [0.2, 0.25) is 5.78 Å². The van der Waals surface area contributed by atoms with Crippen LogP contribution >= 0.6 is 0 Å². The molecule has 0 radical (unpaired) electrons. The Morgan fingerprint density at radius 2 is 1.54 bits per heavy atom. The Hall–Kier alpha value is -2.31. The summed E-state index contributed by atoms with van der Waals surface area (Å²) in [6, 6.07) is 7.01. The van der Waals surface area contributed by atoms with Gasteiger partial charge in [-0.15, -0.1) is 0 Å². The van der Waals surface area contributed by atoms with Gasteiger partial charge in [-0.25, -0.2) is 8.63 Å². The number of halogens is 2. The molecule has 0 spiro atoms. The standard InChI is InChI=1S/C19H25BF2N2O2/c1-3-5-7-14-9-11-16(23-14)18(25)13-19(26-20(21)22)17-12-10-15(24-17)8-6-4-2/h9-13,23-24H,3-8H2,1-2H3/b19-13-. The molecule has 0 aliphatic heterocycles. The molecule has 0 saturated heterocycles. The molecule has 0 bridgehead atoms. The summed E-state index contributed by atoms with van der Waals surface area (Å²) in [6.45, 7) is 4.18. The second-order valence-electron chi connectivity index (χ2n) is 6.25. The molecular formula is C19H25BF2N2O2. The van der Waals surface area contributed by atoms with Crippen molar-refractivity contribution in [3.05, 3.63) is 53.1 Å². The number of unbranched alkanes of at least 4 members (excludes halogenated alkanes) is 2. The Balaban J connectivity index is 2.18. The maximum atomic E-state index is 12.8. The van der Waals surface area contributed by atoms with Crippen LogP contribution in [0.1, 0.15) is 67.1 Å². The van der Waals surface area contributed by atoms with Crippen molar-refractivity contribution < 1.29 is 18.1 Å². The Morgan fingerprint density at radius 3 is 2.08 bits per heavy atom. The molecule has 0 saturated carbocycles. The van der Waals surface area contributed by atoms with Gasteiger partial charge in [0, 0.05) is 17.5 Å². The van der Waals surface area contributed by atoms with E-state index in [0.29, 0.717) is 11.4 Å². The Bertz CT molecular complexity index is 737. The SMILES string of the molecule is CCCCc1ccc(C(=O)/C=C(\OB(F)F)c2ccc(CCCC)[nH]2)[nH]1. The predicted molar refractivity (Wildman–Crippen MR) is 100 cm³/mol. The summed E-state index contributed by atoms with van der Waals surface area (Å²) in [5, 5.41) is 0. The molecule has 0 unspecified atom stereocenters. The van der Waals surface area contributed by atoms with Crippen molar-refractivity contribution in [1.29, 1.82) is 0 Å². The Morgan fingerprint density at radius 1 is 1.00 bits per heavy atom. The minimum atomic E-state index is -3.00. The van der Waals surface area contributed by atoms with E-state index in [4.69, 9.17) is 0 Å². The summed E-state index contributed by atoms with van der Waals surface area (Å²) in [6.07, 6.45) is 6.90. The molecule has 0 aromatic carbocycles. The second kappa shape index (κ2) is 9.99. The lowest BCUT2D eigenvalue weighted by Gasteiger charge is -2.06. The lowest BCUT2D eigenvalue weighted by atomic mass is 10.2. The van der Waals surface area contributed by atoms with Crippen molar-refractivity contribution in [1.82, 2.24) is 9.97 Å². The van der Waals surface area contributed by atoms with Gasteiger partial charge >= 0.3 is 7.47 Å². The highest BCUT2D eigenvalue weighted by Crippen LogP contribution is 2.20. The van der Waals surface area contributed by atoms with Gasteiger partial charge in [-0.2, -0.15) is 0 Å². The zero-order valence-corrected chi connectivity index (χ0v) is 15.3. The number of hydrogen-bond donors (Lipinski definition) is 2. The largest absolute Gasteiger partial charge is 0.796 e. The number of rotatable bonds is 11. The van der Waals surface area contributed by atoms with Crippen LogP contribution in [-0.2, 0) is 17.5 Å². The van der Waals surface area contributed by atoms with E-state index in [1.165, 1.54) is 0 Å². The summed E-state index contributed by atoms with van der Waals surface area (Å²) in [4.78, 5) is 18.5. The average molecular weight is 362 g/mol. The number of ketones is 1. The van der Waals surface area contributed by atoms with E-state index in [-0.39, 0.29) is 5.76 Å². The fourth-order valence-electron chi connectivity index (χ4n) is 2.66. The van der Waals surface area contributed by atoms with Crippen LogP contribution < -0.4 is 0 Å². The molecule has 2 aromatic heterocycles. The number of aromatic amines is 2. The van der Waals surface area contributed by atoms with Gasteiger partial charge in [0.05, 0.1) is 11.4 Å². The lowest BCUT2D eigenvalue weighted by molar-refractivity contribution is 0.104. The van der Waals surface area contributed by atoms with Crippen LogP contribution in [0.25, 0.3) is 5.76 Å². The van der Waals surface area contributed by atoms with Gasteiger partial charge in [-0.05, 0) is 49.9 Å². The Kier molecular flexibility index (Phi) is 7.69. The van der Waals surface area contributed by atoms with Crippen molar-refractivity contribution in [3.63, 3.8) is 0 Å². The number of H-pyrrole nitrogens is 2. The fourth-order valence-corrected chi connectivity index (χ4v) is 2.66. The minimum absolute atomic E-state index is 0.155. The van der Waals surface area contributed by atoms with Gasteiger partial charge in [-0.3, -0.25) is 4.79 Å². The maximum absolute atomic E-state index is 12.8. The zero-order valence-electron chi connectivity index (χ0n) is 15.3. The van der Waals surface area contributed by atoms with Crippen molar-refractivity contribution in [3.8, 4) is 0 Å². The first-order chi connectivity index (χ1) is 12.5. The van der Waals surface area contributed by atoms with E-state index < -0.39 is 13.3 Å². The second-order valence-corrected chi connectivity index (χ2v) is 6.25. The molecule has 2 rings (SSSR count). The molecule has 26 heavy (non-hydrogen) atoms. The van der Waals surface area contributed by atoms with E-state index in [1.54, 1.807) is 12.1 Å². The van der Waals surface area contributed by atoms with E-state index in [0.717, 1.165) is 56.0 Å². The smallest absolute Gasteiger partial charge is 0.503 e. The van der Waals surface area contributed by atoms with Gasteiger partial charge in [0.25, 0.3) is 0 Å². The molecule has 2 aromatic rings. The maximum Gasteiger partial charge on any atom is 0.796 e. The van der Waals surface area contributed by atoms with Crippen molar-refractivity contribution in [2.75, 3.05) is 0 Å². The summed E-state index contributed by atoms with van der Waals surface area (Å²) in [5.74, 6) is -0.550. The molecule has 2 heterocycles. The van der Waals surface area contributed by atoms with Crippen molar-refractivity contribution >= 4 is 19.0 Å². The van der Waals surface area contributed by atoms with Gasteiger partial charge in [0.1, 0.15) is 5.76 Å². The number of aromatic nitrogens is 2. The number of nitrogens with one attached hydrogen (secondary N) is 2. The topological polar surface area (TPSA) is 57.9 Å². The van der Waals surface area contributed by atoms with Gasteiger partial charge in [0.15, 0.2) is 0 Å². The van der Waals surface area contributed by atoms with Gasteiger partial charge in [-0.1, -0.05) is 26.7 Å². The molecule has 140 valence electrons. The first-order valence-electron chi connectivity index (χ1n) is 9.10. The number of allylic oxidation sites excluding steroid dienone is 1. The molecule has 0 amide bonds. The average Bonchev–Trinajstić information content (AvgIpc) is 3.26. The quantitative estimate of drug-likeness (QED) is 0.250. The summed E-state index contributed by atoms with van der Waals surface area (Å²) < 4.78 is 30.1. The Labute approximate surface area is 153 Å². The first kappa shape index (κ1) is 20.0. The third-order valence-electron chi connectivity index (χ3n) is 4.10. The lowest BCUT2D eigenvalue weighted by Crippen LogP contribution is -2.07. The normalized spacial score (nSPS) is 11.6. The van der Waals surface area contributed by atoms with Crippen LogP contribution in [0.2, 0.25) is 0 Å². The van der Waals surface area contributed by atoms with Crippen LogP contribution in [0.3, 0.4) is 0 Å². The van der Waals surface area contributed by atoms with E-state index >= 15 is 0 Å². The number of hydrogen-bond acceptors (Lipinski definition) is 2. The monoisotopic (exact) mass is 362 g/mol. The molecule has 2 N–H and O–H groups in total.